The maximum Gasteiger partial charge on any atom is 0.326 e. The summed E-state index contributed by atoms with van der Waals surface area (Å²) in [7, 11) is 0. The van der Waals surface area contributed by atoms with Gasteiger partial charge in [-0.1, -0.05) is 31.5 Å². The van der Waals surface area contributed by atoms with Crippen LogP contribution in [0.2, 0.25) is 0 Å². The molecule has 2 N–H and O–H groups in total. The molecule has 0 spiro atoms. The molecule has 0 radical (unpaired) electrons. The first kappa shape index (κ1) is 18.2. The Balaban J connectivity index is 1.91. The zero-order valence-electron chi connectivity index (χ0n) is 15.5. The maximum absolute atomic E-state index is 12.7. The number of carbonyl (C=O) groups is 2. The summed E-state index contributed by atoms with van der Waals surface area (Å²) in [5.41, 5.74) is 4.43. The molecule has 138 valence electrons. The van der Waals surface area contributed by atoms with E-state index < -0.39 is 17.9 Å². The molecule has 0 fully saturated rings. The molecule has 0 saturated heterocycles. The van der Waals surface area contributed by atoms with Crippen molar-refractivity contribution in [3.63, 3.8) is 0 Å². The highest BCUT2D eigenvalue weighted by atomic mass is 16.4. The molecular formula is C20H25N3O3. The molecule has 26 heavy (non-hydrogen) atoms. The lowest BCUT2D eigenvalue weighted by Gasteiger charge is -2.16. The van der Waals surface area contributed by atoms with Crippen LogP contribution in [0.15, 0.2) is 24.3 Å². The van der Waals surface area contributed by atoms with Gasteiger partial charge in [-0.05, 0) is 50.7 Å². The number of amides is 1. The number of nitrogens with one attached hydrogen (secondary N) is 1. The summed E-state index contributed by atoms with van der Waals surface area (Å²) in [6.45, 7) is 5.90. The monoisotopic (exact) mass is 355 g/mol. The van der Waals surface area contributed by atoms with E-state index in [1.165, 1.54) is 0 Å². The molecule has 1 amide bonds. The average molecular weight is 355 g/mol. The molecule has 3 rings (SSSR count). The van der Waals surface area contributed by atoms with E-state index in [9.17, 15) is 14.7 Å². The summed E-state index contributed by atoms with van der Waals surface area (Å²) in [5, 5.41) is 16.6. The number of nitrogens with zero attached hydrogens (tertiary/aromatic N) is 2. The Labute approximate surface area is 153 Å². The topological polar surface area (TPSA) is 84.2 Å². The third kappa shape index (κ3) is 3.64. The van der Waals surface area contributed by atoms with Crippen LogP contribution in [-0.2, 0) is 17.6 Å². The van der Waals surface area contributed by atoms with Crippen molar-refractivity contribution < 1.29 is 14.7 Å². The van der Waals surface area contributed by atoms with Gasteiger partial charge in [0.05, 0.1) is 5.69 Å². The summed E-state index contributed by atoms with van der Waals surface area (Å²) in [4.78, 5) is 24.2. The lowest BCUT2D eigenvalue weighted by Crippen LogP contribution is -2.42. The van der Waals surface area contributed by atoms with E-state index in [2.05, 4.69) is 10.4 Å². The van der Waals surface area contributed by atoms with Crippen molar-refractivity contribution in [3.05, 3.63) is 46.8 Å². The second kappa shape index (κ2) is 7.32. The predicted octanol–water partition coefficient (Wildman–Crippen LogP) is 2.90. The first-order valence-electron chi connectivity index (χ1n) is 9.08. The van der Waals surface area contributed by atoms with Gasteiger partial charge in [0.1, 0.15) is 6.04 Å². The van der Waals surface area contributed by atoms with E-state index in [4.69, 9.17) is 0 Å². The Kier molecular flexibility index (Phi) is 5.11. The summed E-state index contributed by atoms with van der Waals surface area (Å²) in [6, 6.07) is 7.11. The van der Waals surface area contributed by atoms with Crippen molar-refractivity contribution in [1.29, 1.82) is 0 Å². The molecule has 6 nitrogen and oxygen atoms in total. The molecule has 0 bridgehead atoms. The number of aromatic nitrogens is 2. The minimum absolute atomic E-state index is 0.173. The average Bonchev–Trinajstić information content (AvgIpc) is 3.16. The Morgan fingerprint density at radius 3 is 2.54 bits per heavy atom. The van der Waals surface area contributed by atoms with Crippen LogP contribution in [0.5, 0.6) is 0 Å². The Morgan fingerprint density at radius 1 is 1.23 bits per heavy atom. The number of aryl methyl sites for hydroxylation is 1. The summed E-state index contributed by atoms with van der Waals surface area (Å²) < 4.78 is 1.83. The van der Waals surface area contributed by atoms with Crippen molar-refractivity contribution in [2.24, 2.45) is 5.92 Å². The molecule has 1 aromatic carbocycles. The molecule has 1 aliphatic rings. The van der Waals surface area contributed by atoms with E-state index >= 15 is 0 Å². The van der Waals surface area contributed by atoms with E-state index in [1.807, 2.05) is 49.7 Å². The largest absolute Gasteiger partial charge is 0.480 e. The molecule has 1 aromatic heterocycles. The van der Waals surface area contributed by atoms with E-state index in [1.54, 1.807) is 0 Å². The number of aliphatic carboxylic acids is 1. The van der Waals surface area contributed by atoms with Gasteiger partial charge in [0.15, 0.2) is 5.69 Å². The molecule has 6 heteroatoms. The zero-order valence-corrected chi connectivity index (χ0v) is 15.5. The minimum atomic E-state index is -1.01. The van der Waals surface area contributed by atoms with Gasteiger partial charge in [-0.25, -0.2) is 9.48 Å². The van der Waals surface area contributed by atoms with Gasteiger partial charge in [-0.3, -0.25) is 4.79 Å². The Morgan fingerprint density at radius 2 is 1.92 bits per heavy atom. The van der Waals surface area contributed by atoms with Gasteiger partial charge >= 0.3 is 5.97 Å². The number of benzene rings is 1. The van der Waals surface area contributed by atoms with Crippen LogP contribution < -0.4 is 5.32 Å². The highest BCUT2D eigenvalue weighted by Gasteiger charge is 2.29. The summed E-state index contributed by atoms with van der Waals surface area (Å²) >= 11 is 0. The van der Waals surface area contributed by atoms with Crippen molar-refractivity contribution in [1.82, 2.24) is 15.1 Å². The number of carboxylic acids is 1. The van der Waals surface area contributed by atoms with Gasteiger partial charge < -0.3 is 10.4 Å². The first-order chi connectivity index (χ1) is 12.4. The highest BCUT2D eigenvalue weighted by Crippen LogP contribution is 2.28. The van der Waals surface area contributed by atoms with Crippen LogP contribution in [0.4, 0.5) is 0 Å². The van der Waals surface area contributed by atoms with E-state index in [0.29, 0.717) is 12.1 Å². The second-order valence-corrected chi connectivity index (χ2v) is 7.37. The SMILES string of the molecule is Cc1ccc(-n2nc(C(=O)N[C@H](CC(C)C)C(=O)O)c3c2CCC3)cc1. The molecule has 1 aliphatic carbocycles. The van der Waals surface area contributed by atoms with E-state index in [-0.39, 0.29) is 5.92 Å². The van der Waals surface area contributed by atoms with Crippen LogP contribution in [0.1, 0.15) is 54.0 Å². The molecule has 0 saturated carbocycles. The second-order valence-electron chi connectivity index (χ2n) is 7.37. The summed E-state index contributed by atoms with van der Waals surface area (Å²) in [6.07, 6.45) is 3.04. The molecule has 0 aliphatic heterocycles. The molecule has 2 aromatic rings. The van der Waals surface area contributed by atoms with Gasteiger partial charge in [0.2, 0.25) is 0 Å². The fourth-order valence-corrected chi connectivity index (χ4v) is 3.44. The third-order valence-electron chi connectivity index (χ3n) is 4.73. The Hall–Kier alpha value is -2.63. The number of rotatable bonds is 6. The van der Waals surface area contributed by atoms with Crippen molar-refractivity contribution >= 4 is 11.9 Å². The number of hydrogen-bond donors (Lipinski definition) is 2. The number of carboxylic acid groups (broad SMARTS) is 1. The van der Waals surface area contributed by atoms with Crippen molar-refractivity contribution in [2.45, 2.75) is 52.5 Å². The van der Waals surface area contributed by atoms with Crippen LogP contribution in [0.25, 0.3) is 5.69 Å². The van der Waals surface area contributed by atoms with Crippen molar-refractivity contribution in [2.75, 3.05) is 0 Å². The quantitative estimate of drug-likeness (QED) is 0.834. The van der Waals surface area contributed by atoms with Gasteiger partial charge in [0.25, 0.3) is 5.91 Å². The van der Waals surface area contributed by atoms with Gasteiger partial charge in [-0.2, -0.15) is 5.10 Å². The van der Waals surface area contributed by atoms with Crippen molar-refractivity contribution in [3.8, 4) is 5.69 Å². The van der Waals surface area contributed by atoms with Crippen LogP contribution in [0, 0.1) is 12.8 Å². The first-order valence-corrected chi connectivity index (χ1v) is 9.08. The Bertz CT molecular complexity index is 822. The fourth-order valence-electron chi connectivity index (χ4n) is 3.44. The standard InChI is InChI=1S/C20H25N3O3/c1-12(2)11-16(20(25)26)21-19(24)18-15-5-4-6-17(15)23(22-18)14-9-7-13(3)8-10-14/h7-10,12,16H,4-6,11H2,1-3H3,(H,21,24)(H,25,26)/t16-/m1/s1. The molecule has 1 atom stereocenters. The predicted molar refractivity (Wildman–Crippen MR) is 98.7 cm³/mol. The van der Waals surface area contributed by atoms with Crippen LogP contribution in [-0.4, -0.2) is 32.8 Å². The lowest BCUT2D eigenvalue weighted by molar-refractivity contribution is -0.139. The lowest BCUT2D eigenvalue weighted by atomic mass is 10.0. The zero-order chi connectivity index (χ0) is 18.8. The smallest absolute Gasteiger partial charge is 0.326 e. The molecule has 0 unspecified atom stereocenters. The number of carbonyl (C=O) groups excluding carboxylic acids is 1. The van der Waals surface area contributed by atoms with Crippen LogP contribution >= 0.6 is 0 Å². The maximum atomic E-state index is 12.7. The molecular weight excluding hydrogens is 330 g/mol. The van der Waals surface area contributed by atoms with Crippen LogP contribution in [0.3, 0.4) is 0 Å². The summed E-state index contributed by atoms with van der Waals surface area (Å²) in [5.74, 6) is -1.24. The number of hydrogen-bond acceptors (Lipinski definition) is 3. The van der Waals surface area contributed by atoms with Gasteiger partial charge in [0, 0.05) is 11.3 Å². The number of fused-ring (bicyclic) bond motifs is 1. The fraction of sp³-hybridized carbons (Fsp3) is 0.450. The molecule has 1 heterocycles. The highest BCUT2D eigenvalue weighted by molar-refractivity contribution is 5.96. The normalized spacial score (nSPS) is 14.3. The third-order valence-corrected chi connectivity index (χ3v) is 4.73. The minimum Gasteiger partial charge on any atom is -0.480 e. The van der Waals surface area contributed by atoms with E-state index in [0.717, 1.165) is 41.8 Å². The van der Waals surface area contributed by atoms with Gasteiger partial charge in [-0.15, -0.1) is 0 Å².